The van der Waals surface area contributed by atoms with Crippen LogP contribution in [0.5, 0.6) is 0 Å². The summed E-state index contributed by atoms with van der Waals surface area (Å²) in [6, 6.07) is 13.2. The minimum Gasteiger partial charge on any atom is -0.469 e. The Balaban J connectivity index is 1.50. The van der Waals surface area contributed by atoms with Crippen molar-refractivity contribution in [3.63, 3.8) is 0 Å². The van der Waals surface area contributed by atoms with E-state index < -0.39 is 0 Å². The van der Waals surface area contributed by atoms with E-state index in [2.05, 4.69) is 25.9 Å². The molecule has 5 nitrogen and oxygen atoms in total. The van der Waals surface area contributed by atoms with E-state index in [1.54, 1.807) is 12.3 Å². The van der Waals surface area contributed by atoms with Crippen LogP contribution in [0.15, 0.2) is 67.8 Å². The number of aromatic nitrogens is 2. The fourth-order valence-corrected chi connectivity index (χ4v) is 4.77. The van der Waals surface area contributed by atoms with Gasteiger partial charge in [0.25, 0.3) is 5.56 Å². The zero-order chi connectivity index (χ0) is 20.0. The number of hydrogen-bond donors (Lipinski definition) is 1. The summed E-state index contributed by atoms with van der Waals surface area (Å²) in [6.45, 7) is 0. The molecule has 144 valence electrons. The summed E-state index contributed by atoms with van der Waals surface area (Å²) in [5.74, 6) is 0.734. The van der Waals surface area contributed by atoms with Gasteiger partial charge in [-0.05, 0) is 36.8 Å². The molecule has 7 heteroatoms. The highest BCUT2D eigenvalue weighted by Gasteiger charge is 2.29. The number of carbonyl (C=O) groups excluding carboxylic acids is 1. The first-order valence-corrected chi connectivity index (χ1v) is 10.8. The number of carbonyl (C=O) groups is 1. The summed E-state index contributed by atoms with van der Waals surface area (Å²) in [5, 5.41) is 2.53. The minimum absolute atomic E-state index is 0.00911. The van der Waals surface area contributed by atoms with Crippen molar-refractivity contribution in [2.24, 2.45) is 0 Å². The third-order valence-corrected chi connectivity index (χ3v) is 6.53. The molecule has 3 heterocycles. The van der Waals surface area contributed by atoms with Crippen molar-refractivity contribution in [3.05, 3.63) is 86.0 Å². The van der Waals surface area contributed by atoms with Gasteiger partial charge in [0.05, 0.1) is 17.5 Å². The number of fused-ring (bicyclic) bond motifs is 1. The average Bonchev–Trinajstić information content (AvgIpc) is 3.40. The Morgan fingerprint density at radius 1 is 1.10 bits per heavy atom. The van der Waals surface area contributed by atoms with Crippen LogP contribution in [0.1, 0.15) is 34.2 Å². The molecule has 5 rings (SSSR count). The van der Waals surface area contributed by atoms with Gasteiger partial charge in [-0.25, -0.2) is 4.98 Å². The maximum absolute atomic E-state index is 12.8. The number of benzene rings is 1. The predicted octanol–water partition coefficient (Wildman–Crippen LogP) is 5.43. The van der Waals surface area contributed by atoms with Gasteiger partial charge < -0.3 is 9.40 Å². The largest absolute Gasteiger partial charge is 0.469 e. The molecule has 0 radical (unpaired) electrons. The monoisotopic (exact) mass is 466 g/mol. The number of furan rings is 1. The third kappa shape index (κ3) is 3.41. The molecule has 0 fully saturated rings. The van der Waals surface area contributed by atoms with Crippen molar-refractivity contribution in [2.45, 2.75) is 18.8 Å². The highest BCUT2D eigenvalue weighted by molar-refractivity contribution is 9.10. The van der Waals surface area contributed by atoms with Crippen molar-refractivity contribution in [2.75, 3.05) is 0 Å². The SMILES string of the molecule is O=C1C[C@H](c2ccco2)Cc2[nH]c(=O)c(-c3nc(-c4ccc(Br)cc4)cs3)cc21. The zero-order valence-corrected chi connectivity index (χ0v) is 17.5. The first-order chi connectivity index (χ1) is 14.1. The molecule has 4 aromatic rings. The van der Waals surface area contributed by atoms with E-state index in [9.17, 15) is 9.59 Å². The molecule has 3 aromatic heterocycles. The molecule has 0 spiro atoms. The first kappa shape index (κ1) is 18.3. The van der Waals surface area contributed by atoms with Crippen LogP contribution in [0.4, 0.5) is 0 Å². The van der Waals surface area contributed by atoms with E-state index in [1.807, 2.05) is 41.8 Å². The van der Waals surface area contributed by atoms with Crippen LogP contribution in [0.2, 0.25) is 0 Å². The van der Waals surface area contributed by atoms with Gasteiger partial charge >= 0.3 is 0 Å². The van der Waals surface area contributed by atoms with Crippen LogP contribution in [0.25, 0.3) is 21.8 Å². The lowest BCUT2D eigenvalue weighted by Crippen LogP contribution is -2.24. The molecule has 0 aliphatic heterocycles. The fraction of sp³-hybridized carbons (Fsp3) is 0.136. The van der Waals surface area contributed by atoms with Crippen LogP contribution in [0, 0.1) is 0 Å². The summed E-state index contributed by atoms with van der Waals surface area (Å²) < 4.78 is 6.45. The van der Waals surface area contributed by atoms with Gasteiger partial charge in [-0.3, -0.25) is 9.59 Å². The number of thiazole rings is 1. The Morgan fingerprint density at radius 2 is 1.93 bits per heavy atom. The summed E-state index contributed by atoms with van der Waals surface area (Å²) >= 11 is 4.82. The van der Waals surface area contributed by atoms with Crippen molar-refractivity contribution in [3.8, 4) is 21.8 Å². The maximum atomic E-state index is 12.8. The van der Waals surface area contributed by atoms with E-state index in [-0.39, 0.29) is 17.3 Å². The van der Waals surface area contributed by atoms with Gasteiger partial charge in [0.15, 0.2) is 5.78 Å². The number of rotatable bonds is 3. The molecule has 1 aliphatic rings. The lowest BCUT2D eigenvalue weighted by Gasteiger charge is -2.22. The lowest BCUT2D eigenvalue weighted by atomic mass is 9.84. The summed E-state index contributed by atoms with van der Waals surface area (Å²) in [5.41, 5.74) is 3.22. The normalized spacial score (nSPS) is 16.0. The van der Waals surface area contributed by atoms with Crippen molar-refractivity contribution >= 4 is 33.0 Å². The van der Waals surface area contributed by atoms with Crippen LogP contribution in [-0.2, 0) is 6.42 Å². The smallest absolute Gasteiger partial charge is 0.258 e. The molecule has 0 bridgehead atoms. The van der Waals surface area contributed by atoms with Crippen LogP contribution in [-0.4, -0.2) is 15.8 Å². The second-order valence-corrected chi connectivity index (χ2v) is 8.77. The Morgan fingerprint density at radius 3 is 2.69 bits per heavy atom. The molecule has 0 saturated carbocycles. The highest BCUT2D eigenvalue weighted by atomic mass is 79.9. The number of aromatic amines is 1. The van der Waals surface area contributed by atoms with Crippen LogP contribution in [0.3, 0.4) is 0 Å². The van der Waals surface area contributed by atoms with Gasteiger partial charge in [-0.2, -0.15) is 0 Å². The van der Waals surface area contributed by atoms with Crippen molar-refractivity contribution < 1.29 is 9.21 Å². The van der Waals surface area contributed by atoms with Gasteiger partial charge in [0.2, 0.25) is 0 Å². The topological polar surface area (TPSA) is 76.0 Å². The number of Topliss-reactive ketones (excluding diaryl/α,β-unsaturated/α-hetero) is 1. The molecule has 1 N–H and O–H groups in total. The Hall–Kier alpha value is -2.77. The van der Waals surface area contributed by atoms with E-state index in [0.29, 0.717) is 34.7 Å². The maximum Gasteiger partial charge on any atom is 0.258 e. The third-order valence-electron chi connectivity index (χ3n) is 5.13. The second kappa shape index (κ2) is 7.24. The van der Waals surface area contributed by atoms with Gasteiger partial charge in [-0.15, -0.1) is 11.3 Å². The number of hydrogen-bond acceptors (Lipinski definition) is 5. The van der Waals surface area contributed by atoms with Gasteiger partial charge in [0.1, 0.15) is 10.8 Å². The summed E-state index contributed by atoms with van der Waals surface area (Å²) in [6.07, 6.45) is 2.55. The van der Waals surface area contributed by atoms with E-state index in [4.69, 9.17) is 4.42 Å². The van der Waals surface area contributed by atoms with Gasteiger partial charge in [-0.1, -0.05) is 28.1 Å². The van der Waals surface area contributed by atoms with E-state index >= 15 is 0 Å². The molecular weight excluding hydrogens is 452 g/mol. The summed E-state index contributed by atoms with van der Waals surface area (Å²) in [4.78, 5) is 33.1. The molecular formula is C22H15BrN2O3S. The Kier molecular flexibility index (Phi) is 4.56. The quantitative estimate of drug-likeness (QED) is 0.436. The van der Waals surface area contributed by atoms with E-state index in [0.717, 1.165) is 21.5 Å². The van der Waals surface area contributed by atoms with Crippen LogP contribution < -0.4 is 5.56 Å². The Labute approximate surface area is 178 Å². The van der Waals surface area contributed by atoms with Crippen molar-refractivity contribution in [1.29, 1.82) is 0 Å². The van der Waals surface area contributed by atoms with Crippen LogP contribution >= 0.6 is 27.3 Å². The van der Waals surface area contributed by atoms with Gasteiger partial charge in [0, 0.05) is 39.0 Å². The Bertz CT molecular complexity index is 1260. The molecule has 1 aromatic carbocycles. The average molecular weight is 467 g/mol. The first-order valence-electron chi connectivity index (χ1n) is 9.13. The second-order valence-electron chi connectivity index (χ2n) is 6.99. The number of H-pyrrole nitrogens is 1. The zero-order valence-electron chi connectivity index (χ0n) is 15.1. The number of ketones is 1. The standard InChI is InChI=1S/C22H15BrN2O3S/c23-14-5-3-12(4-6-14)18-11-29-22(25-18)16-10-15-17(24-21(16)27)8-13(9-19(15)26)20-2-1-7-28-20/h1-7,10-11,13H,8-9H2,(H,24,27)/t13-/m1/s1. The molecule has 0 saturated heterocycles. The number of pyridine rings is 1. The molecule has 0 unspecified atom stereocenters. The van der Waals surface area contributed by atoms with Crippen molar-refractivity contribution in [1.82, 2.24) is 9.97 Å². The minimum atomic E-state index is -0.228. The number of halogens is 1. The molecule has 1 aliphatic carbocycles. The fourth-order valence-electron chi connectivity index (χ4n) is 3.67. The molecule has 29 heavy (non-hydrogen) atoms. The lowest BCUT2D eigenvalue weighted by molar-refractivity contribution is 0.0959. The van der Waals surface area contributed by atoms with E-state index in [1.165, 1.54) is 11.3 Å². The molecule has 1 atom stereocenters. The number of nitrogens with one attached hydrogen (secondary N) is 1. The molecule has 0 amide bonds. The summed E-state index contributed by atoms with van der Waals surface area (Å²) in [7, 11) is 0. The number of nitrogens with zero attached hydrogens (tertiary/aromatic N) is 1. The highest BCUT2D eigenvalue weighted by Crippen LogP contribution is 2.34. The predicted molar refractivity (Wildman–Crippen MR) is 115 cm³/mol.